The Bertz CT molecular complexity index is 510. The van der Waals surface area contributed by atoms with E-state index in [-0.39, 0.29) is 0 Å². The minimum Gasteiger partial charge on any atom is -0.388 e. The molecular formula is C14H17NS. The van der Waals surface area contributed by atoms with Gasteiger partial charge in [-0.25, -0.2) is 0 Å². The number of thiophene rings is 1. The maximum atomic E-state index is 4.15. The van der Waals surface area contributed by atoms with Crippen LogP contribution >= 0.6 is 11.3 Å². The van der Waals surface area contributed by atoms with Crippen molar-refractivity contribution in [1.82, 2.24) is 0 Å². The molecule has 1 aromatic carbocycles. The number of benzene rings is 1. The number of nitrogens with one attached hydrogen (secondary N) is 1. The van der Waals surface area contributed by atoms with Gasteiger partial charge in [0.1, 0.15) is 0 Å². The van der Waals surface area contributed by atoms with Crippen LogP contribution in [0.2, 0.25) is 0 Å². The molecule has 0 fully saturated rings. The molecule has 1 nitrogen and oxygen atoms in total. The van der Waals surface area contributed by atoms with Gasteiger partial charge in [-0.3, -0.25) is 0 Å². The topological polar surface area (TPSA) is 12.0 Å². The Labute approximate surface area is 101 Å². The summed E-state index contributed by atoms with van der Waals surface area (Å²) < 4.78 is 1.34. The highest BCUT2D eigenvalue weighted by Gasteiger charge is 2.04. The fourth-order valence-corrected chi connectivity index (χ4v) is 2.84. The molecule has 0 amide bonds. The van der Waals surface area contributed by atoms with Crippen LogP contribution in [0.25, 0.3) is 15.7 Å². The lowest BCUT2D eigenvalue weighted by Crippen LogP contribution is -1.85. The molecule has 2 rings (SSSR count). The van der Waals surface area contributed by atoms with E-state index < -0.39 is 0 Å². The van der Waals surface area contributed by atoms with Gasteiger partial charge < -0.3 is 5.32 Å². The summed E-state index contributed by atoms with van der Waals surface area (Å²) in [5.74, 6) is 0. The zero-order chi connectivity index (χ0) is 11.5. The number of rotatable bonds is 4. The molecule has 0 atom stereocenters. The quantitative estimate of drug-likeness (QED) is 0.800. The Kier molecular flexibility index (Phi) is 3.30. The molecule has 1 aromatic heterocycles. The molecule has 2 heteroatoms. The van der Waals surface area contributed by atoms with E-state index in [2.05, 4.69) is 43.1 Å². The lowest BCUT2D eigenvalue weighted by atomic mass is 10.1. The fraction of sp³-hybridized carbons (Fsp3) is 0.286. The summed E-state index contributed by atoms with van der Waals surface area (Å²) in [5.41, 5.74) is 2.42. The van der Waals surface area contributed by atoms with E-state index in [0.29, 0.717) is 0 Å². The highest BCUT2D eigenvalue weighted by Crippen LogP contribution is 2.33. The van der Waals surface area contributed by atoms with Gasteiger partial charge in [0.2, 0.25) is 0 Å². The lowest BCUT2D eigenvalue weighted by Gasteiger charge is -1.97. The van der Waals surface area contributed by atoms with E-state index >= 15 is 0 Å². The highest BCUT2D eigenvalue weighted by atomic mass is 32.1. The molecule has 1 N–H and O–H groups in total. The molecule has 0 unspecified atom stereocenters. The largest absolute Gasteiger partial charge is 0.388 e. The van der Waals surface area contributed by atoms with E-state index in [4.69, 9.17) is 0 Å². The van der Waals surface area contributed by atoms with E-state index in [1.54, 1.807) is 0 Å². The summed E-state index contributed by atoms with van der Waals surface area (Å²) in [6.45, 7) is 6.34. The van der Waals surface area contributed by atoms with Crippen LogP contribution in [0.3, 0.4) is 0 Å². The Morgan fingerprint density at radius 1 is 1.38 bits per heavy atom. The standard InChI is InChI=1S/C14H17NS/c1-4-5-10(2)14-9-11-8-12(15-3)6-7-13(11)16-14/h6-9,15H,2,4-5H2,1,3H3. The van der Waals surface area contributed by atoms with E-state index in [9.17, 15) is 0 Å². The van der Waals surface area contributed by atoms with Gasteiger partial charge in [0.25, 0.3) is 0 Å². The van der Waals surface area contributed by atoms with Crippen LogP contribution in [0.4, 0.5) is 5.69 Å². The summed E-state index contributed by atoms with van der Waals surface area (Å²) in [6.07, 6.45) is 2.25. The Morgan fingerprint density at radius 2 is 2.19 bits per heavy atom. The zero-order valence-electron chi connectivity index (χ0n) is 9.84. The molecule has 16 heavy (non-hydrogen) atoms. The molecule has 0 bridgehead atoms. The van der Waals surface area contributed by atoms with Crippen LogP contribution < -0.4 is 5.32 Å². The SMILES string of the molecule is C=C(CCC)c1cc2cc(NC)ccc2s1. The smallest absolute Gasteiger partial charge is 0.0350 e. The zero-order valence-corrected chi connectivity index (χ0v) is 10.7. The molecule has 0 aliphatic carbocycles. The van der Waals surface area contributed by atoms with Crippen LogP contribution in [0.5, 0.6) is 0 Å². The van der Waals surface area contributed by atoms with E-state index in [1.165, 1.54) is 20.5 Å². The predicted octanol–water partition coefficient (Wildman–Crippen LogP) is 4.76. The minimum atomic E-state index is 1.09. The average Bonchev–Trinajstić information content (AvgIpc) is 2.71. The summed E-state index contributed by atoms with van der Waals surface area (Å²) in [5, 5.41) is 4.47. The summed E-state index contributed by atoms with van der Waals surface area (Å²) in [4.78, 5) is 1.32. The maximum Gasteiger partial charge on any atom is 0.0350 e. The number of fused-ring (bicyclic) bond motifs is 1. The van der Waals surface area contributed by atoms with Crippen LogP contribution in [0.15, 0.2) is 30.8 Å². The summed E-state index contributed by atoms with van der Waals surface area (Å²) in [7, 11) is 1.95. The van der Waals surface area contributed by atoms with Gasteiger partial charge in [-0.2, -0.15) is 0 Å². The molecule has 0 saturated heterocycles. The van der Waals surface area contributed by atoms with E-state index in [1.807, 2.05) is 18.4 Å². The van der Waals surface area contributed by atoms with Crippen molar-refractivity contribution in [3.63, 3.8) is 0 Å². The van der Waals surface area contributed by atoms with Crippen molar-refractivity contribution < 1.29 is 0 Å². The van der Waals surface area contributed by atoms with Crippen molar-refractivity contribution in [2.45, 2.75) is 19.8 Å². The first-order chi connectivity index (χ1) is 7.74. The van der Waals surface area contributed by atoms with Gasteiger partial charge in [-0.1, -0.05) is 19.9 Å². The van der Waals surface area contributed by atoms with Crippen molar-refractivity contribution >= 4 is 32.7 Å². The first-order valence-corrected chi connectivity index (χ1v) is 6.45. The van der Waals surface area contributed by atoms with Gasteiger partial charge in [-0.15, -0.1) is 11.3 Å². The average molecular weight is 231 g/mol. The monoisotopic (exact) mass is 231 g/mol. The van der Waals surface area contributed by atoms with Gasteiger partial charge in [0.15, 0.2) is 0 Å². The van der Waals surface area contributed by atoms with Crippen molar-refractivity contribution in [2.75, 3.05) is 12.4 Å². The lowest BCUT2D eigenvalue weighted by molar-refractivity contribution is 0.978. The molecule has 2 aromatic rings. The highest BCUT2D eigenvalue weighted by molar-refractivity contribution is 7.20. The van der Waals surface area contributed by atoms with Gasteiger partial charge >= 0.3 is 0 Å². The van der Waals surface area contributed by atoms with Crippen LogP contribution in [0.1, 0.15) is 24.6 Å². The molecule has 0 radical (unpaired) electrons. The Balaban J connectivity index is 2.39. The summed E-state index contributed by atoms with van der Waals surface area (Å²) in [6, 6.07) is 8.73. The van der Waals surface area contributed by atoms with Crippen molar-refractivity contribution in [2.24, 2.45) is 0 Å². The van der Waals surface area contributed by atoms with Gasteiger partial charge in [0, 0.05) is 22.3 Å². The summed E-state index contributed by atoms with van der Waals surface area (Å²) >= 11 is 1.84. The second-order valence-corrected chi connectivity index (χ2v) is 5.05. The van der Waals surface area contributed by atoms with Crippen molar-refractivity contribution in [3.8, 4) is 0 Å². The Morgan fingerprint density at radius 3 is 2.88 bits per heavy atom. The predicted molar refractivity (Wildman–Crippen MR) is 75.3 cm³/mol. The molecule has 0 aliphatic rings. The number of hydrogen-bond acceptors (Lipinski definition) is 2. The molecule has 0 spiro atoms. The van der Waals surface area contributed by atoms with Crippen molar-refractivity contribution in [1.29, 1.82) is 0 Å². The minimum absolute atomic E-state index is 1.09. The van der Waals surface area contributed by atoms with Crippen molar-refractivity contribution in [3.05, 3.63) is 35.7 Å². The maximum absolute atomic E-state index is 4.15. The van der Waals surface area contributed by atoms with E-state index in [0.717, 1.165) is 18.5 Å². The molecule has 0 saturated carbocycles. The van der Waals surface area contributed by atoms with Crippen LogP contribution in [0, 0.1) is 0 Å². The fourth-order valence-electron chi connectivity index (χ4n) is 1.80. The van der Waals surface area contributed by atoms with Gasteiger partial charge in [0.05, 0.1) is 0 Å². The van der Waals surface area contributed by atoms with Gasteiger partial charge in [-0.05, 0) is 41.6 Å². The second-order valence-electron chi connectivity index (χ2n) is 3.97. The number of allylic oxidation sites excluding steroid dienone is 1. The molecular weight excluding hydrogens is 214 g/mol. The number of anilines is 1. The molecule has 0 aliphatic heterocycles. The second kappa shape index (κ2) is 4.71. The van der Waals surface area contributed by atoms with Crippen LogP contribution in [-0.2, 0) is 0 Å². The normalized spacial score (nSPS) is 10.6. The first kappa shape index (κ1) is 11.2. The third-order valence-corrected chi connectivity index (χ3v) is 3.92. The third kappa shape index (κ3) is 2.12. The first-order valence-electron chi connectivity index (χ1n) is 5.64. The Hall–Kier alpha value is -1.28. The molecule has 1 heterocycles. The third-order valence-electron chi connectivity index (χ3n) is 2.71. The van der Waals surface area contributed by atoms with Crippen LogP contribution in [-0.4, -0.2) is 7.05 Å². The molecule has 84 valence electrons. The number of hydrogen-bond donors (Lipinski definition) is 1.